The van der Waals surface area contributed by atoms with E-state index < -0.39 is 0 Å². The predicted octanol–water partition coefficient (Wildman–Crippen LogP) is 2.08. The summed E-state index contributed by atoms with van der Waals surface area (Å²) >= 11 is 0. The Morgan fingerprint density at radius 1 is 1.12 bits per heavy atom. The molecule has 3 fully saturated rings. The van der Waals surface area contributed by atoms with E-state index in [-0.39, 0.29) is 23.8 Å². The average Bonchev–Trinajstić information content (AvgIpc) is 3.16. The van der Waals surface area contributed by atoms with Gasteiger partial charge in [0.15, 0.2) is 0 Å². The number of amides is 1. The molecule has 0 unspecified atom stereocenters. The Kier molecular flexibility index (Phi) is 4.83. The molecular formula is C19H26N2O3. The van der Waals surface area contributed by atoms with E-state index in [0.717, 1.165) is 45.4 Å². The highest BCUT2D eigenvalue weighted by atomic mass is 16.7. The van der Waals surface area contributed by atoms with Gasteiger partial charge in [0.25, 0.3) is 0 Å². The van der Waals surface area contributed by atoms with Crippen molar-refractivity contribution in [2.45, 2.75) is 31.9 Å². The van der Waals surface area contributed by atoms with Crippen LogP contribution in [0.15, 0.2) is 30.3 Å². The summed E-state index contributed by atoms with van der Waals surface area (Å²) in [4.78, 5) is 20.8. The van der Waals surface area contributed by atoms with Crippen molar-refractivity contribution in [1.82, 2.24) is 9.96 Å². The molecule has 24 heavy (non-hydrogen) atoms. The molecule has 0 N–H and O–H groups in total. The van der Waals surface area contributed by atoms with Gasteiger partial charge in [0, 0.05) is 38.1 Å². The molecule has 3 aliphatic rings. The molecule has 4 rings (SSSR count). The minimum atomic E-state index is 0.0421. The largest absolute Gasteiger partial charge is 0.378 e. The maximum absolute atomic E-state index is 12.8. The van der Waals surface area contributed by atoms with Crippen molar-refractivity contribution in [3.63, 3.8) is 0 Å². The Balaban J connectivity index is 1.44. The SMILES string of the molecule is O=C([C@@H]1CCO[C@@H]2CCN(Cc3ccccc3)C[C@H]21)N1CCCO1. The van der Waals surface area contributed by atoms with Crippen LogP contribution in [-0.2, 0) is 20.9 Å². The van der Waals surface area contributed by atoms with Crippen LogP contribution in [0.3, 0.4) is 0 Å². The number of rotatable bonds is 3. The smallest absolute Gasteiger partial charge is 0.249 e. The van der Waals surface area contributed by atoms with Gasteiger partial charge in [-0.1, -0.05) is 30.3 Å². The first-order valence-electron chi connectivity index (χ1n) is 9.13. The zero-order valence-corrected chi connectivity index (χ0v) is 14.1. The number of benzene rings is 1. The third-order valence-corrected chi connectivity index (χ3v) is 5.52. The van der Waals surface area contributed by atoms with Crippen molar-refractivity contribution in [2.75, 3.05) is 32.8 Å². The number of carbonyl (C=O) groups is 1. The predicted molar refractivity (Wildman–Crippen MR) is 90.0 cm³/mol. The lowest BCUT2D eigenvalue weighted by atomic mass is 9.78. The lowest BCUT2D eigenvalue weighted by Crippen LogP contribution is -2.53. The van der Waals surface area contributed by atoms with Crippen molar-refractivity contribution in [2.24, 2.45) is 11.8 Å². The molecule has 0 saturated carbocycles. The molecule has 3 heterocycles. The second-order valence-corrected chi connectivity index (χ2v) is 7.10. The maximum atomic E-state index is 12.8. The van der Waals surface area contributed by atoms with Gasteiger partial charge >= 0.3 is 0 Å². The first kappa shape index (κ1) is 16.1. The van der Waals surface area contributed by atoms with E-state index in [4.69, 9.17) is 9.57 Å². The number of ether oxygens (including phenoxy) is 1. The van der Waals surface area contributed by atoms with Gasteiger partial charge in [-0.15, -0.1) is 0 Å². The summed E-state index contributed by atoms with van der Waals surface area (Å²) in [5.74, 6) is 0.501. The molecule has 0 bridgehead atoms. The quantitative estimate of drug-likeness (QED) is 0.851. The topological polar surface area (TPSA) is 42.0 Å². The maximum Gasteiger partial charge on any atom is 0.249 e. The van der Waals surface area contributed by atoms with Crippen LogP contribution in [0.2, 0.25) is 0 Å². The standard InChI is InChI=1S/C19H26N2O3/c22-19(21-9-4-11-24-21)16-8-12-23-18-7-10-20(14-17(16)18)13-15-5-2-1-3-6-15/h1-3,5-6,16-18H,4,7-14H2/t16-,17+,18-/m1/s1. The zero-order valence-electron chi connectivity index (χ0n) is 14.1. The molecule has 3 aliphatic heterocycles. The highest BCUT2D eigenvalue weighted by Crippen LogP contribution is 2.35. The van der Waals surface area contributed by atoms with E-state index in [1.54, 1.807) is 5.06 Å². The van der Waals surface area contributed by atoms with Crippen LogP contribution < -0.4 is 0 Å². The lowest BCUT2D eigenvalue weighted by molar-refractivity contribution is -0.185. The molecule has 0 aliphatic carbocycles. The summed E-state index contributed by atoms with van der Waals surface area (Å²) < 4.78 is 5.99. The molecule has 0 spiro atoms. The summed E-state index contributed by atoms with van der Waals surface area (Å²) in [6.45, 7) is 5.03. The molecule has 0 radical (unpaired) electrons. The van der Waals surface area contributed by atoms with Crippen LogP contribution in [0.1, 0.15) is 24.8 Å². The second-order valence-electron chi connectivity index (χ2n) is 7.10. The Hall–Kier alpha value is -1.43. The normalized spacial score (nSPS) is 31.0. The summed E-state index contributed by atoms with van der Waals surface area (Å²) in [5, 5.41) is 1.60. The van der Waals surface area contributed by atoms with Crippen LogP contribution in [0.25, 0.3) is 0 Å². The lowest BCUT2D eigenvalue weighted by Gasteiger charge is -2.45. The second kappa shape index (κ2) is 7.21. The third-order valence-electron chi connectivity index (χ3n) is 5.52. The van der Waals surface area contributed by atoms with E-state index in [9.17, 15) is 4.79 Å². The van der Waals surface area contributed by atoms with E-state index in [2.05, 4.69) is 35.2 Å². The van der Waals surface area contributed by atoms with Gasteiger partial charge in [0.05, 0.1) is 19.3 Å². The van der Waals surface area contributed by atoms with Crippen LogP contribution in [-0.4, -0.2) is 54.8 Å². The number of piperidine rings is 1. The molecule has 1 aromatic rings. The van der Waals surface area contributed by atoms with Gasteiger partial charge in [-0.05, 0) is 24.8 Å². The van der Waals surface area contributed by atoms with Crippen LogP contribution in [0.4, 0.5) is 0 Å². The van der Waals surface area contributed by atoms with Gasteiger partial charge < -0.3 is 4.74 Å². The molecule has 1 aromatic carbocycles. The Labute approximate surface area is 143 Å². The first-order valence-corrected chi connectivity index (χ1v) is 9.13. The van der Waals surface area contributed by atoms with E-state index in [0.29, 0.717) is 13.2 Å². The Morgan fingerprint density at radius 3 is 2.79 bits per heavy atom. The molecular weight excluding hydrogens is 304 g/mol. The van der Waals surface area contributed by atoms with Gasteiger partial charge in [0.1, 0.15) is 0 Å². The van der Waals surface area contributed by atoms with Crippen molar-refractivity contribution >= 4 is 5.91 Å². The Bertz CT molecular complexity index is 559. The first-order chi connectivity index (χ1) is 11.8. The van der Waals surface area contributed by atoms with E-state index >= 15 is 0 Å². The van der Waals surface area contributed by atoms with Crippen LogP contribution in [0, 0.1) is 11.8 Å². The third kappa shape index (κ3) is 3.34. The van der Waals surface area contributed by atoms with Crippen molar-refractivity contribution in [3.05, 3.63) is 35.9 Å². The average molecular weight is 330 g/mol. The van der Waals surface area contributed by atoms with E-state index in [1.165, 1.54) is 5.56 Å². The van der Waals surface area contributed by atoms with Gasteiger partial charge in [0.2, 0.25) is 5.91 Å². The molecule has 5 heteroatoms. The summed E-state index contributed by atoms with van der Waals surface area (Å²) in [6, 6.07) is 10.6. The van der Waals surface area contributed by atoms with Crippen LogP contribution >= 0.6 is 0 Å². The number of hydrogen-bond acceptors (Lipinski definition) is 4. The summed E-state index contributed by atoms with van der Waals surface area (Å²) in [6.07, 6.45) is 3.01. The Morgan fingerprint density at radius 2 is 2.00 bits per heavy atom. The summed E-state index contributed by atoms with van der Waals surface area (Å²) in [5.41, 5.74) is 1.33. The van der Waals surface area contributed by atoms with Gasteiger partial charge in [-0.2, -0.15) is 0 Å². The highest BCUT2D eigenvalue weighted by Gasteiger charge is 2.43. The number of likely N-dealkylation sites (tertiary alicyclic amines) is 1. The van der Waals surface area contributed by atoms with Gasteiger partial charge in [-0.3, -0.25) is 14.5 Å². The molecule has 5 nitrogen and oxygen atoms in total. The number of carbonyl (C=O) groups excluding carboxylic acids is 1. The van der Waals surface area contributed by atoms with E-state index in [1.807, 2.05) is 0 Å². The van der Waals surface area contributed by atoms with Crippen molar-refractivity contribution in [1.29, 1.82) is 0 Å². The summed E-state index contributed by atoms with van der Waals surface area (Å²) in [7, 11) is 0. The fourth-order valence-electron chi connectivity index (χ4n) is 4.28. The monoisotopic (exact) mass is 330 g/mol. The fourth-order valence-corrected chi connectivity index (χ4v) is 4.28. The minimum absolute atomic E-state index is 0.0421. The number of hydroxylamine groups is 2. The fraction of sp³-hybridized carbons (Fsp3) is 0.632. The van der Waals surface area contributed by atoms with Crippen molar-refractivity contribution < 1.29 is 14.4 Å². The number of hydrogen-bond donors (Lipinski definition) is 0. The molecule has 0 aromatic heterocycles. The van der Waals surface area contributed by atoms with Crippen LogP contribution in [0.5, 0.6) is 0 Å². The number of nitrogens with zero attached hydrogens (tertiary/aromatic N) is 2. The zero-order chi connectivity index (χ0) is 16.4. The van der Waals surface area contributed by atoms with Gasteiger partial charge in [-0.25, -0.2) is 5.06 Å². The molecule has 1 amide bonds. The van der Waals surface area contributed by atoms with Crippen molar-refractivity contribution in [3.8, 4) is 0 Å². The highest BCUT2D eigenvalue weighted by molar-refractivity contribution is 5.78. The molecule has 3 saturated heterocycles. The molecule has 130 valence electrons. The minimum Gasteiger partial charge on any atom is -0.378 e. The number of fused-ring (bicyclic) bond motifs is 1. The molecule has 3 atom stereocenters.